The third kappa shape index (κ3) is 2.79. The van der Waals surface area contributed by atoms with Crippen molar-refractivity contribution in [1.29, 1.82) is 0 Å². The van der Waals surface area contributed by atoms with Crippen LogP contribution in [0.5, 0.6) is 0 Å². The number of likely N-dealkylation sites (tertiary alicyclic amines) is 1. The van der Waals surface area contributed by atoms with Crippen LogP contribution in [0.15, 0.2) is 29.4 Å². The lowest BCUT2D eigenvalue weighted by molar-refractivity contribution is 0.120. The molecule has 1 aliphatic rings. The summed E-state index contributed by atoms with van der Waals surface area (Å²) >= 11 is 1.68. The van der Waals surface area contributed by atoms with Gasteiger partial charge in [0.05, 0.1) is 17.7 Å². The third-order valence-corrected chi connectivity index (χ3v) is 4.19. The second kappa shape index (κ2) is 5.63. The molecule has 0 aromatic carbocycles. The number of hydrogen-bond donors (Lipinski definition) is 0. The van der Waals surface area contributed by atoms with Crippen LogP contribution in [0.2, 0.25) is 0 Å². The van der Waals surface area contributed by atoms with E-state index in [0.29, 0.717) is 6.04 Å². The molecule has 3 heterocycles. The Labute approximate surface area is 111 Å². The zero-order valence-corrected chi connectivity index (χ0v) is 11.2. The van der Waals surface area contributed by atoms with Crippen LogP contribution in [-0.4, -0.2) is 32.3 Å². The number of aromatic nitrogens is 3. The molecule has 4 nitrogen and oxygen atoms in total. The summed E-state index contributed by atoms with van der Waals surface area (Å²) in [6.45, 7) is 3.16. The van der Waals surface area contributed by atoms with Gasteiger partial charge in [-0.15, -0.1) is 11.3 Å². The summed E-state index contributed by atoms with van der Waals surface area (Å²) in [7, 11) is 0. The van der Waals surface area contributed by atoms with Crippen molar-refractivity contribution in [2.75, 3.05) is 6.54 Å². The van der Waals surface area contributed by atoms with Crippen LogP contribution >= 0.6 is 11.3 Å². The van der Waals surface area contributed by atoms with Crippen LogP contribution < -0.4 is 0 Å². The largest absolute Gasteiger partial charge is 0.293 e. The lowest BCUT2D eigenvalue weighted by atomic mass is 10.0. The van der Waals surface area contributed by atoms with E-state index in [4.69, 9.17) is 0 Å². The first-order valence-corrected chi connectivity index (χ1v) is 7.44. The second-order valence-electron chi connectivity index (χ2n) is 4.83. The zero-order valence-electron chi connectivity index (χ0n) is 10.4. The molecule has 0 aliphatic carbocycles. The van der Waals surface area contributed by atoms with Crippen molar-refractivity contribution >= 4 is 11.3 Å². The van der Waals surface area contributed by atoms with Crippen LogP contribution in [-0.2, 0) is 13.1 Å². The van der Waals surface area contributed by atoms with Gasteiger partial charge in [-0.1, -0.05) is 6.42 Å². The van der Waals surface area contributed by atoms with Gasteiger partial charge in [-0.3, -0.25) is 9.58 Å². The average molecular weight is 262 g/mol. The maximum Gasteiger partial charge on any atom is 0.0795 e. The van der Waals surface area contributed by atoms with Gasteiger partial charge in [-0.2, -0.15) is 5.10 Å². The Balaban J connectivity index is 1.66. The van der Waals surface area contributed by atoms with E-state index in [1.54, 1.807) is 11.3 Å². The summed E-state index contributed by atoms with van der Waals surface area (Å²) in [6, 6.07) is 2.59. The molecule has 1 aliphatic heterocycles. The summed E-state index contributed by atoms with van der Waals surface area (Å²) in [5.74, 6) is 0. The normalized spacial score (nSPS) is 21.2. The van der Waals surface area contributed by atoms with E-state index in [9.17, 15) is 0 Å². The molecule has 0 bridgehead atoms. The first-order valence-electron chi connectivity index (χ1n) is 6.50. The molecule has 18 heavy (non-hydrogen) atoms. The molecule has 3 rings (SSSR count). The molecule has 96 valence electrons. The smallest absolute Gasteiger partial charge is 0.0795 e. The highest BCUT2D eigenvalue weighted by Crippen LogP contribution is 2.20. The molecule has 0 spiro atoms. The molecule has 1 atom stereocenters. The molecule has 0 radical (unpaired) electrons. The van der Waals surface area contributed by atoms with E-state index >= 15 is 0 Å². The Morgan fingerprint density at radius 1 is 1.39 bits per heavy atom. The average Bonchev–Trinajstić information content (AvgIpc) is 3.05. The first kappa shape index (κ1) is 11.9. The Kier molecular flexibility index (Phi) is 3.71. The van der Waals surface area contributed by atoms with Crippen molar-refractivity contribution in [3.8, 4) is 0 Å². The topological polar surface area (TPSA) is 34.0 Å². The van der Waals surface area contributed by atoms with Gasteiger partial charge in [-0.05, 0) is 25.5 Å². The molecule has 1 fully saturated rings. The molecular formula is C13H18N4S. The fourth-order valence-electron chi connectivity index (χ4n) is 2.62. The van der Waals surface area contributed by atoms with Gasteiger partial charge in [0.1, 0.15) is 0 Å². The number of rotatable bonds is 4. The van der Waals surface area contributed by atoms with Crippen LogP contribution in [0.25, 0.3) is 0 Å². The number of nitrogens with zero attached hydrogens (tertiary/aromatic N) is 4. The minimum atomic E-state index is 0.598. The molecule has 5 heteroatoms. The monoisotopic (exact) mass is 262 g/mol. The molecule has 1 unspecified atom stereocenters. The van der Waals surface area contributed by atoms with Crippen LogP contribution in [0, 0.1) is 0 Å². The van der Waals surface area contributed by atoms with E-state index in [1.807, 2.05) is 22.5 Å². The predicted molar refractivity (Wildman–Crippen MR) is 72.4 cm³/mol. The SMILES string of the molecule is c1cnn(CC2CCCCN2Cc2cscn2)c1. The highest BCUT2D eigenvalue weighted by Gasteiger charge is 2.23. The summed E-state index contributed by atoms with van der Waals surface area (Å²) in [6.07, 6.45) is 7.81. The van der Waals surface area contributed by atoms with Crippen LogP contribution in [0.4, 0.5) is 0 Å². The van der Waals surface area contributed by atoms with Crippen molar-refractivity contribution in [2.45, 2.75) is 38.4 Å². The summed E-state index contributed by atoms with van der Waals surface area (Å²) in [5, 5.41) is 6.47. The lowest BCUT2D eigenvalue weighted by Gasteiger charge is -2.35. The molecular weight excluding hydrogens is 244 g/mol. The Morgan fingerprint density at radius 3 is 3.17 bits per heavy atom. The highest BCUT2D eigenvalue weighted by atomic mass is 32.1. The van der Waals surface area contributed by atoms with Crippen molar-refractivity contribution in [3.63, 3.8) is 0 Å². The van der Waals surface area contributed by atoms with E-state index in [0.717, 1.165) is 13.1 Å². The molecule has 0 N–H and O–H groups in total. The quantitative estimate of drug-likeness (QED) is 0.848. The molecule has 2 aromatic rings. The maximum absolute atomic E-state index is 4.40. The van der Waals surface area contributed by atoms with Crippen molar-refractivity contribution in [3.05, 3.63) is 35.0 Å². The first-order chi connectivity index (χ1) is 8.92. The van der Waals surface area contributed by atoms with Crippen molar-refractivity contribution < 1.29 is 0 Å². The fourth-order valence-corrected chi connectivity index (χ4v) is 3.17. The van der Waals surface area contributed by atoms with Gasteiger partial charge in [0, 0.05) is 30.4 Å². The van der Waals surface area contributed by atoms with Crippen molar-refractivity contribution in [1.82, 2.24) is 19.7 Å². The molecule has 1 saturated heterocycles. The second-order valence-corrected chi connectivity index (χ2v) is 5.55. The standard InChI is InChI=1S/C13H18N4S/c1-2-6-16(8-12-10-18-11-14-12)13(4-1)9-17-7-3-5-15-17/h3,5,7,10-11,13H,1-2,4,6,8-9H2. The van der Waals surface area contributed by atoms with E-state index in [-0.39, 0.29) is 0 Å². The van der Waals surface area contributed by atoms with Gasteiger partial charge in [0.2, 0.25) is 0 Å². The van der Waals surface area contributed by atoms with Crippen LogP contribution in [0.1, 0.15) is 25.0 Å². The van der Waals surface area contributed by atoms with Gasteiger partial charge in [-0.25, -0.2) is 4.98 Å². The minimum Gasteiger partial charge on any atom is -0.293 e. The highest BCUT2D eigenvalue weighted by molar-refractivity contribution is 7.07. The summed E-state index contributed by atoms with van der Waals surface area (Å²) < 4.78 is 2.05. The number of thiazole rings is 1. The number of piperidine rings is 1. The minimum absolute atomic E-state index is 0.598. The van der Waals surface area contributed by atoms with Gasteiger partial charge in [0.15, 0.2) is 0 Å². The molecule has 0 saturated carbocycles. The number of hydrogen-bond acceptors (Lipinski definition) is 4. The summed E-state index contributed by atoms with van der Waals surface area (Å²) in [5.41, 5.74) is 3.12. The van der Waals surface area contributed by atoms with Crippen LogP contribution in [0.3, 0.4) is 0 Å². The fraction of sp³-hybridized carbons (Fsp3) is 0.538. The summed E-state index contributed by atoms with van der Waals surface area (Å²) in [4.78, 5) is 6.95. The van der Waals surface area contributed by atoms with Crippen molar-refractivity contribution in [2.24, 2.45) is 0 Å². The third-order valence-electron chi connectivity index (χ3n) is 3.55. The Morgan fingerprint density at radius 2 is 2.39 bits per heavy atom. The lowest BCUT2D eigenvalue weighted by Crippen LogP contribution is -2.41. The molecule has 2 aromatic heterocycles. The van der Waals surface area contributed by atoms with E-state index in [2.05, 4.69) is 26.6 Å². The van der Waals surface area contributed by atoms with E-state index in [1.165, 1.54) is 31.5 Å². The Hall–Kier alpha value is -1.20. The van der Waals surface area contributed by atoms with E-state index < -0.39 is 0 Å². The van der Waals surface area contributed by atoms with Gasteiger partial charge >= 0.3 is 0 Å². The molecule has 0 amide bonds. The Bertz CT molecular complexity index is 407. The predicted octanol–water partition coefficient (Wildman–Crippen LogP) is 2.39. The van der Waals surface area contributed by atoms with Gasteiger partial charge in [0.25, 0.3) is 0 Å². The zero-order chi connectivity index (χ0) is 12.2. The maximum atomic E-state index is 4.40. The van der Waals surface area contributed by atoms with Gasteiger partial charge < -0.3 is 0 Å².